The molecule has 1 aromatic carbocycles. The minimum atomic E-state index is 0.104. The molecule has 0 atom stereocenters. The third-order valence-corrected chi connectivity index (χ3v) is 7.77. The van der Waals surface area contributed by atoms with Crippen molar-refractivity contribution in [2.45, 2.75) is 58.5 Å². The summed E-state index contributed by atoms with van der Waals surface area (Å²) in [5.41, 5.74) is 5.01. The van der Waals surface area contributed by atoms with Crippen LogP contribution in [0.2, 0.25) is 0 Å². The zero-order chi connectivity index (χ0) is 20.7. The van der Waals surface area contributed by atoms with Gasteiger partial charge in [-0.2, -0.15) is 0 Å². The van der Waals surface area contributed by atoms with Crippen molar-refractivity contribution in [3.8, 4) is 0 Å². The van der Waals surface area contributed by atoms with Crippen molar-refractivity contribution in [3.63, 3.8) is 0 Å². The fourth-order valence-electron chi connectivity index (χ4n) is 4.64. The van der Waals surface area contributed by atoms with E-state index in [1.807, 2.05) is 6.07 Å². The number of imidazole rings is 1. The van der Waals surface area contributed by atoms with Crippen LogP contribution in [0.1, 0.15) is 54.1 Å². The van der Waals surface area contributed by atoms with Gasteiger partial charge in [-0.25, -0.2) is 4.98 Å². The highest BCUT2D eigenvalue weighted by molar-refractivity contribution is 7.09. The molecule has 1 amide bonds. The van der Waals surface area contributed by atoms with Crippen LogP contribution in [0.25, 0.3) is 11.0 Å². The molecule has 5 rings (SSSR count). The zero-order valence-corrected chi connectivity index (χ0v) is 18.7. The molecule has 1 saturated carbocycles. The van der Waals surface area contributed by atoms with Gasteiger partial charge >= 0.3 is 0 Å². The minimum absolute atomic E-state index is 0.104. The Morgan fingerprint density at radius 3 is 2.60 bits per heavy atom. The Balaban J connectivity index is 1.31. The van der Waals surface area contributed by atoms with Crippen molar-refractivity contribution >= 4 is 34.2 Å². The fourth-order valence-corrected chi connectivity index (χ4v) is 5.28. The number of benzene rings is 1. The van der Waals surface area contributed by atoms with Crippen molar-refractivity contribution in [1.29, 1.82) is 0 Å². The molecule has 1 aliphatic heterocycles. The van der Waals surface area contributed by atoms with Gasteiger partial charge in [-0.15, -0.1) is 11.3 Å². The molecule has 158 valence electrons. The van der Waals surface area contributed by atoms with Crippen molar-refractivity contribution in [2.24, 2.45) is 5.92 Å². The minimum Gasteiger partial charge on any atom is -0.351 e. The second kappa shape index (κ2) is 8.06. The van der Waals surface area contributed by atoms with Crippen LogP contribution in [0, 0.1) is 19.8 Å². The number of rotatable bonds is 5. The molecule has 2 fully saturated rings. The number of aromatic nitrogens is 2. The predicted octanol–water partition coefficient (Wildman–Crippen LogP) is 4.97. The first-order chi connectivity index (χ1) is 14.6. The number of piperidine rings is 1. The highest BCUT2D eigenvalue weighted by Crippen LogP contribution is 2.39. The van der Waals surface area contributed by atoms with Crippen LogP contribution in [0.15, 0.2) is 29.6 Å². The van der Waals surface area contributed by atoms with Crippen molar-refractivity contribution in [1.82, 2.24) is 14.9 Å². The molecular weight excluding hydrogens is 392 g/mol. The smallest absolute Gasteiger partial charge is 0.223 e. The van der Waals surface area contributed by atoms with Crippen LogP contribution >= 0.6 is 11.3 Å². The van der Waals surface area contributed by atoms with E-state index in [4.69, 9.17) is 4.98 Å². The third-order valence-electron chi connectivity index (χ3n) is 6.89. The molecular formula is C24H30N4OS. The monoisotopic (exact) mass is 422 g/mol. The average molecular weight is 423 g/mol. The molecule has 1 N–H and O–H groups in total. The van der Waals surface area contributed by atoms with Gasteiger partial charge in [-0.1, -0.05) is 6.07 Å². The third kappa shape index (κ3) is 3.62. The van der Waals surface area contributed by atoms with Gasteiger partial charge < -0.3 is 14.8 Å². The number of carbonyl (C=O) groups is 1. The number of hydrogen-bond donors (Lipinski definition) is 1. The second-order valence-electron chi connectivity index (χ2n) is 8.85. The van der Waals surface area contributed by atoms with E-state index in [1.54, 1.807) is 11.3 Å². The SMILES string of the molecule is Cc1cc2nc(N3CCC(C(=O)NCc4cccs4)CC3)n(C3CCC3)c2cc1C. The van der Waals surface area contributed by atoms with Crippen LogP contribution in [-0.4, -0.2) is 28.5 Å². The van der Waals surface area contributed by atoms with E-state index in [-0.39, 0.29) is 11.8 Å². The topological polar surface area (TPSA) is 50.2 Å². The van der Waals surface area contributed by atoms with Gasteiger partial charge in [0.2, 0.25) is 11.9 Å². The summed E-state index contributed by atoms with van der Waals surface area (Å²) in [6.07, 6.45) is 5.57. The maximum absolute atomic E-state index is 12.6. The Morgan fingerprint density at radius 1 is 1.17 bits per heavy atom. The first-order valence-corrected chi connectivity index (χ1v) is 12.0. The Hall–Kier alpha value is -2.34. The van der Waals surface area contributed by atoms with Crippen molar-refractivity contribution in [2.75, 3.05) is 18.0 Å². The van der Waals surface area contributed by atoms with E-state index in [0.29, 0.717) is 12.6 Å². The molecule has 0 radical (unpaired) electrons. The molecule has 2 aliphatic rings. The lowest BCUT2D eigenvalue weighted by atomic mass is 9.92. The number of aryl methyl sites for hydroxylation is 2. The molecule has 3 aromatic rings. The number of nitrogens with zero attached hydrogens (tertiary/aromatic N) is 3. The van der Waals surface area contributed by atoms with E-state index in [9.17, 15) is 4.79 Å². The predicted molar refractivity (Wildman–Crippen MR) is 123 cm³/mol. The maximum atomic E-state index is 12.6. The quantitative estimate of drug-likeness (QED) is 0.631. The lowest BCUT2D eigenvalue weighted by Crippen LogP contribution is -2.41. The maximum Gasteiger partial charge on any atom is 0.223 e. The van der Waals surface area contributed by atoms with E-state index in [0.717, 1.165) is 37.4 Å². The number of nitrogens with one attached hydrogen (secondary N) is 1. The zero-order valence-electron chi connectivity index (χ0n) is 17.9. The number of anilines is 1. The van der Waals surface area contributed by atoms with Gasteiger partial charge in [0.1, 0.15) is 0 Å². The Bertz CT molecular complexity index is 1040. The standard InChI is InChI=1S/C24H30N4OS/c1-16-13-21-22(14-17(16)2)28(19-5-3-6-19)24(26-21)27-10-8-18(9-11-27)23(29)25-15-20-7-4-12-30-20/h4,7,12-14,18-19H,3,5-6,8-11,15H2,1-2H3,(H,25,29). The molecule has 1 saturated heterocycles. The summed E-state index contributed by atoms with van der Waals surface area (Å²) in [4.78, 5) is 21.3. The van der Waals surface area contributed by atoms with E-state index < -0.39 is 0 Å². The van der Waals surface area contributed by atoms with Gasteiger partial charge in [-0.05, 0) is 80.7 Å². The summed E-state index contributed by atoms with van der Waals surface area (Å²) in [5, 5.41) is 5.18. The average Bonchev–Trinajstić information content (AvgIpc) is 3.34. The van der Waals surface area contributed by atoms with Crippen LogP contribution in [-0.2, 0) is 11.3 Å². The molecule has 3 heterocycles. The van der Waals surface area contributed by atoms with Gasteiger partial charge in [-0.3, -0.25) is 4.79 Å². The Labute approximate surface area is 182 Å². The summed E-state index contributed by atoms with van der Waals surface area (Å²) in [6.45, 7) is 6.78. The highest BCUT2D eigenvalue weighted by Gasteiger charge is 2.31. The van der Waals surface area contributed by atoms with E-state index >= 15 is 0 Å². The van der Waals surface area contributed by atoms with Crippen LogP contribution in [0.5, 0.6) is 0 Å². The van der Waals surface area contributed by atoms with Gasteiger partial charge in [0.05, 0.1) is 17.6 Å². The van der Waals surface area contributed by atoms with Crippen molar-refractivity contribution in [3.05, 3.63) is 45.6 Å². The van der Waals surface area contributed by atoms with Gasteiger partial charge in [0.15, 0.2) is 0 Å². The number of fused-ring (bicyclic) bond motifs is 1. The lowest BCUT2D eigenvalue weighted by molar-refractivity contribution is -0.125. The van der Waals surface area contributed by atoms with Crippen LogP contribution in [0.3, 0.4) is 0 Å². The van der Waals surface area contributed by atoms with Gasteiger partial charge in [0.25, 0.3) is 0 Å². The van der Waals surface area contributed by atoms with Crippen LogP contribution in [0.4, 0.5) is 5.95 Å². The Morgan fingerprint density at radius 2 is 1.93 bits per heavy atom. The molecule has 6 heteroatoms. The summed E-state index contributed by atoms with van der Waals surface area (Å²) >= 11 is 1.69. The van der Waals surface area contributed by atoms with Crippen LogP contribution < -0.4 is 10.2 Å². The van der Waals surface area contributed by atoms with E-state index in [2.05, 4.69) is 52.2 Å². The lowest BCUT2D eigenvalue weighted by Gasteiger charge is -2.36. The molecule has 30 heavy (non-hydrogen) atoms. The first kappa shape index (κ1) is 19.6. The summed E-state index contributed by atoms with van der Waals surface area (Å²) in [7, 11) is 0. The first-order valence-electron chi connectivity index (χ1n) is 11.1. The number of carbonyl (C=O) groups excluding carboxylic acids is 1. The largest absolute Gasteiger partial charge is 0.351 e. The highest BCUT2D eigenvalue weighted by atomic mass is 32.1. The second-order valence-corrected chi connectivity index (χ2v) is 9.88. The van der Waals surface area contributed by atoms with Crippen molar-refractivity contribution < 1.29 is 4.79 Å². The molecule has 1 aliphatic carbocycles. The normalized spacial score (nSPS) is 18.0. The number of hydrogen-bond acceptors (Lipinski definition) is 4. The number of amides is 1. The Kier molecular flexibility index (Phi) is 5.27. The molecule has 0 unspecified atom stereocenters. The fraction of sp³-hybridized carbons (Fsp3) is 0.500. The molecule has 0 bridgehead atoms. The molecule has 5 nitrogen and oxygen atoms in total. The van der Waals surface area contributed by atoms with E-state index in [1.165, 1.54) is 40.8 Å². The summed E-state index contributed by atoms with van der Waals surface area (Å²) in [5.74, 6) is 1.41. The number of thiophene rings is 1. The summed E-state index contributed by atoms with van der Waals surface area (Å²) < 4.78 is 2.49. The molecule has 0 spiro atoms. The molecule has 2 aromatic heterocycles. The summed E-state index contributed by atoms with van der Waals surface area (Å²) in [6, 6.07) is 9.21. The van der Waals surface area contributed by atoms with Gasteiger partial charge in [0, 0.05) is 29.9 Å².